The number of unbranched alkanes of at least 4 members (excludes halogenated alkanes) is 1. The summed E-state index contributed by atoms with van der Waals surface area (Å²) in [6.45, 7) is 8.94. The van der Waals surface area contributed by atoms with E-state index in [9.17, 15) is 26.4 Å². The second-order valence-electron chi connectivity index (χ2n) is 18.8. The molecular weight excluding hydrogens is 1150 g/mol. The van der Waals surface area contributed by atoms with Crippen LogP contribution in [0.25, 0.3) is 0 Å². The molecule has 2 aliphatic carbocycles. The molecule has 0 saturated heterocycles. The largest absolute Gasteiger partial charge is 0.484 e. The predicted molar refractivity (Wildman–Crippen MR) is 308 cm³/mol. The monoisotopic (exact) mass is 1220 g/mol. The second kappa shape index (κ2) is 33.0. The van der Waals surface area contributed by atoms with Gasteiger partial charge in [0.05, 0.1) is 74.7 Å². The van der Waals surface area contributed by atoms with Crippen molar-refractivity contribution in [2.75, 3.05) is 120 Å². The summed E-state index contributed by atoms with van der Waals surface area (Å²) in [5.74, 6) is 0.999. The molecule has 4 atom stereocenters. The van der Waals surface area contributed by atoms with Crippen LogP contribution in [0.4, 0.5) is 9.59 Å². The lowest BCUT2D eigenvalue weighted by Crippen LogP contribution is -2.39. The minimum absolute atomic E-state index is 0.0172. The van der Waals surface area contributed by atoms with E-state index in [1.165, 1.54) is 24.3 Å². The number of hydrogen-bond donors (Lipinski definition) is 6. The Bertz CT molecular complexity index is 2750. The van der Waals surface area contributed by atoms with Crippen LogP contribution in [0.5, 0.6) is 11.5 Å². The van der Waals surface area contributed by atoms with Gasteiger partial charge >= 0.3 is 12.1 Å². The van der Waals surface area contributed by atoms with Crippen LogP contribution in [0.15, 0.2) is 104 Å². The number of amides is 4. The lowest BCUT2D eigenvalue weighted by atomic mass is 10.1. The molecule has 0 unspecified atom stereocenters. The Kier molecular flexibility index (Phi) is 27.4. The van der Waals surface area contributed by atoms with Gasteiger partial charge in [0, 0.05) is 64.9 Å². The maximum Gasteiger partial charge on any atom is 0.314 e. The van der Waals surface area contributed by atoms with Gasteiger partial charge in [-0.15, -0.1) is 0 Å². The molecule has 3 aromatic carbocycles. The van der Waals surface area contributed by atoms with Crippen molar-refractivity contribution < 1.29 is 54.8 Å². The van der Waals surface area contributed by atoms with Crippen LogP contribution in [0, 0.1) is 0 Å². The van der Waals surface area contributed by atoms with Crippen LogP contribution >= 0.6 is 46.4 Å². The fourth-order valence-electron chi connectivity index (χ4n) is 8.52. The summed E-state index contributed by atoms with van der Waals surface area (Å²) in [6, 6.07) is 15.3. The number of sulfonamides is 2. The number of carbonyl (C=O) groups is 2. The van der Waals surface area contributed by atoms with E-state index in [0.29, 0.717) is 70.4 Å². The molecule has 6 N–H and O–H groups in total. The standard InChI is InChI=1S/C53H74Cl4N8O12S2/c1-36(54)31-45-43(37(2)55)34-48(64(3)4)50(45)76-39-9-13-41(14-10-39)78(68,69)62-21-25-74-29-27-72-23-19-60-52(66)58-17-7-8-18-59-53(67)61-20-24-73-28-30-75-26-22-63-79(70,71)42-15-11-40(12-16-42)77-51-46-32-38(56)33-47(57)44(46)35-49(51)65(5)6/h9-16,31-33,48-51,62-63H,2,7-8,17-30,34-35H2,1,3-6H3,(H2,58,60,66)(H2,59,61,67)/b36-31+/t48-,49-,50-,51-/m0/s1. The van der Waals surface area contributed by atoms with Crippen molar-refractivity contribution in [1.82, 2.24) is 40.5 Å². The number of carbonyl (C=O) groups excluding carboxylic acids is 2. The third-order valence-electron chi connectivity index (χ3n) is 12.5. The highest BCUT2D eigenvalue weighted by atomic mass is 35.5. The van der Waals surface area contributed by atoms with Crippen molar-refractivity contribution in [2.45, 2.75) is 66.7 Å². The van der Waals surface area contributed by atoms with Crippen molar-refractivity contribution in [2.24, 2.45) is 0 Å². The number of ether oxygens (including phenoxy) is 6. The van der Waals surface area contributed by atoms with Gasteiger partial charge < -0.3 is 59.5 Å². The van der Waals surface area contributed by atoms with Gasteiger partial charge in [-0.2, -0.15) is 0 Å². The predicted octanol–water partition coefficient (Wildman–Crippen LogP) is 6.57. The third-order valence-corrected chi connectivity index (χ3v) is 16.4. The summed E-state index contributed by atoms with van der Waals surface area (Å²) in [4.78, 5) is 28.5. The van der Waals surface area contributed by atoms with Gasteiger partial charge in [-0.1, -0.05) is 53.0 Å². The molecule has 20 nitrogen and oxygen atoms in total. The first kappa shape index (κ1) is 65.6. The first-order chi connectivity index (χ1) is 37.7. The van der Waals surface area contributed by atoms with Gasteiger partial charge in [-0.05, 0) is 144 Å². The molecule has 3 aromatic rings. The summed E-state index contributed by atoms with van der Waals surface area (Å²) >= 11 is 25.3. The third kappa shape index (κ3) is 21.6. The highest BCUT2D eigenvalue weighted by Gasteiger charge is 2.39. The number of hydrogen-bond acceptors (Lipinski definition) is 14. The Balaban J connectivity index is 0.796. The van der Waals surface area contributed by atoms with E-state index in [2.05, 4.69) is 42.2 Å². The zero-order valence-electron chi connectivity index (χ0n) is 45.2. The summed E-state index contributed by atoms with van der Waals surface area (Å²) in [6.07, 6.45) is 3.69. The van der Waals surface area contributed by atoms with Gasteiger partial charge in [0.15, 0.2) is 0 Å². The number of halogens is 4. The maximum absolute atomic E-state index is 12.9. The summed E-state index contributed by atoms with van der Waals surface area (Å²) in [7, 11) is 0.244. The van der Waals surface area contributed by atoms with Crippen molar-refractivity contribution in [3.8, 4) is 11.5 Å². The average Bonchev–Trinajstić information content (AvgIpc) is 4.04. The number of allylic oxidation sites excluding steroid dienone is 2. The highest BCUT2D eigenvalue weighted by molar-refractivity contribution is 7.89. The van der Waals surface area contributed by atoms with Gasteiger partial charge in [-0.3, -0.25) is 0 Å². The van der Waals surface area contributed by atoms with Crippen molar-refractivity contribution >= 4 is 78.5 Å². The second-order valence-corrected chi connectivity index (χ2v) is 24.3. The normalized spacial score (nSPS) is 17.5. The highest BCUT2D eigenvalue weighted by Crippen LogP contribution is 2.42. The van der Waals surface area contributed by atoms with E-state index in [1.807, 2.05) is 45.2 Å². The van der Waals surface area contributed by atoms with E-state index in [4.69, 9.17) is 74.8 Å². The molecule has 26 heteroatoms. The molecule has 0 bridgehead atoms. The Morgan fingerprint density at radius 2 is 1.03 bits per heavy atom. The Hall–Kier alpha value is -4.24. The van der Waals surface area contributed by atoms with E-state index in [1.54, 1.807) is 37.3 Å². The Morgan fingerprint density at radius 3 is 1.46 bits per heavy atom. The molecule has 0 radical (unpaired) electrons. The number of nitrogens with one attached hydrogen (secondary N) is 6. The smallest absolute Gasteiger partial charge is 0.314 e. The number of benzene rings is 3. The van der Waals surface area contributed by atoms with Crippen LogP contribution in [0.1, 0.15) is 43.4 Å². The zero-order chi connectivity index (χ0) is 57.5. The molecule has 0 spiro atoms. The molecule has 0 heterocycles. The van der Waals surface area contributed by atoms with E-state index in [-0.39, 0.29) is 119 Å². The zero-order valence-corrected chi connectivity index (χ0v) is 49.9. The van der Waals surface area contributed by atoms with Gasteiger partial charge in [-0.25, -0.2) is 35.9 Å². The van der Waals surface area contributed by atoms with Gasteiger partial charge in [0.2, 0.25) is 20.0 Å². The topological polar surface area (TPSA) is 236 Å². The molecule has 0 saturated carbocycles. The first-order valence-electron chi connectivity index (χ1n) is 25.8. The van der Waals surface area contributed by atoms with Gasteiger partial charge in [0.25, 0.3) is 0 Å². The quantitative estimate of drug-likeness (QED) is 0.0342. The SMILES string of the molecule is C=C(Cl)C1=C(/C=C(\C)Cl)[C@H](Oc2ccc(S(=O)(=O)NCCOCCOCCNC(=O)NCCCCNC(=O)NCCOCCOCCNS(=O)(=O)c3ccc(O[C@H]4c5cc(Cl)cc(Cl)c5C[C@@H]4N(C)C)cc3)cc2)[C@@H](N(C)C)C1. The number of likely N-dealkylation sites (N-methyl/N-ethyl adjacent to an activating group) is 2. The van der Waals surface area contributed by atoms with Crippen molar-refractivity contribution in [3.63, 3.8) is 0 Å². The van der Waals surface area contributed by atoms with Gasteiger partial charge in [0.1, 0.15) is 23.7 Å². The number of rotatable bonds is 35. The first-order valence-corrected chi connectivity index (χ1v) is 30.2. The number of urea groups is 2. The minimum Gasteiger partial charge on any atom is -0.484 e. The molecular formula is C53H74Cl4N8O12S2. The van der Waals surface area contributed by atoms with E-state index >= 15 is 0 Å². The molecule has 438 valence electrons. The molecule has 0 fully saturated rings. The molecule has 4 amide bonds. The Morgan fingerprint density at radius 1 is 0.608 bits per heavy atom. The van der Waals surface area contributed by atoms with Crippen LogP contribution in [0.3, 0.4) is 0 Å². The summed E-state index contributed by atoms with van der Waals surface area (Å²) in [5.41, 5.74) is 3.59. The fraction of sp³-hybridized carbons (Fsp3) is 0.509. The van der Waals surface area contributed by atoms with Crippen LogP contribution in [0.2, 0.25) is 10.0 Å². The van der Waals surface area contributed by atoms with Crippen LogP contribution < -0.4 is 40.2 Å². The fourth-order valence-corrected chi connectivity index (χ4v) is 11.4. The number of nitrogens with zero attached hydrogens (tertiary/aromatic N) is 2. The minimum atomic E-state index is -3.81. The molecule has 79 heavy (non-hydrogen) atoms. The lowest BCUT2D eigenvalue weighted by Gasteiger charge is -2.28. The van der Waals surface area contributed by atoms with Crippen LogP contribution in [-0.2, 0) is 45.4 Å². The molecule has 0 aromatic heterocycles. The maximum atomic E-state index is 12.9. The van der Waals surface area contributed by atoms with E-state index < -0.39 is 26.2 Å². The number of fused-ring (bicyclic) bond motifs is 1. The summed E-state index contributed by atoms with van der Waals surface area (Å²) < 4.78 is 91.4. The lowest BCUT2D eigenvalue weighted by molar-refractivity contribution is 0.0516. The Labute approximate surface area is 485 Å². The van der Waals surface area contributed by atoms with Crippen molar-refractivity contribution in [1.29, 1.82) is 0 Å². The van der Waals surface area contributed by atoms with E-state index in [0.717, 1.165) is 22.3 Å². The molecule has 5 rings (SSSR count). The van der Waals surface area contributed by atoms with Crippen LogP contribution in [-0.4, -0.2) is 177 Å². The average molecular weight is 1220 g/mol. The summed E-state index contributed by atoms with van der Waals surface area (Å²) in [5, 5.41) is 13.0. The van der Waals surface area contributed by atoms with Crippen molar-refractivity contribution in [3.05, 3.63) is 116 Å². The molecule has 2 aliphatic rings. The molecule has 0 aliphatic heterocycles.